The molecule has 0 radical (unpaired) electrons. The van der Waals surface area contributed by atoms with E-state index in [4.69, 9.17) is 0 Å². The number of benzene rings is 1. The van der Waals surface area contributed by atoms with Crippen molar-refractivity contribution in [1.29, 1.82) is 5.26 Å². The molecule has 0 spiro atoms. The van der Waals surface area contributed by atoms with E-state index in [9.17, 15) is 14.8 Å². The van der Waals surface area contributed by atoms with Crippen LogP contribution in [0.5, 0.6) is 0 Å². The summed E-state index contributed by atoms with van der Waals surface area (Å²) in [5.41, 5.74) is 2.20. The van der Waals surface area contributed by atoms with Crippen LogP contribution in [0.1, 0.15) is 49.8 Å². The minimum atomic E-state index is -0.312. The number of aryl methyl sites for hydroxylation is 1. The Balaban J connectivity index is 1.65. The van der Waals surface area contributed by atoms with Crippen molar-refractivity contribution < 1.29 is 9.50 Å². The molecule has 0 aliphatic heterocycles. The monoisotopic (exact) mass is 397 g/mol. The quantitative estimate of drug-likeness (QED) is 0.686. The molecule has 6 nitrogen and oxygen atoms in total. The van der Waals surface area contributed by atoms with Crippen molar-refractivity contribution in [3.63, 3.8) is 0 Å². The van der Waals surface area contributed by atoms with E-state index >= 15 is 0 Å². The molecular weight excluding hydrogens is 369 g/mol. The fourth-order valence-electron chi connectivity index (χ4n) is 3.85. The highest BCUT2D eigenvalue weighted by atomic mass is 19.1. The number of rotatable bonds is 6. The van der Waals surface area contributed by atoms with E-state index in [2.05, 4.69) is 40.5 Å². The molecule has 2 atom stereocenters. The summed E-state index contributed by atoms with van der Waals surface area (Å²) in [5.74, 6) is 0.727. The second-order valence-electron chi connectivity index (χ2n) is 8.44. The van der Waals surface area contributed by atoms with Crippen LogP contribution in [-0.4, -0.2) is 33.8 Å². The fourth-order valence-corrected chi connectivity index (χ4v) is 3.85. The van der Waals surface area contributed by atoms with Gasteiger partial charge in [-0.1, -0.05) is 19.9 Å². The first-order chi connectivity index (χ1) is 13.8. The van der Waals surface area contributed by atoms with E-state index in [1.807, 2.05) is 6.92 Å². The maximum atomic E-state index is 13.2. The van der Waals surface area contributed by atoms with E-state index in [1.165, 1.54) is 18.3 Å². The Kier molecular flexibility index (Phi) is 6.33. The van der Waals surface area contributed by atoms with Crippen LogP contribution in [0.2, 0.25) is 0 Å². The summed E-state index contributed by atoms with van der Waals surface area (Å²) in [6, 6.07) is 7.06. The third kappa shape index (κ3) is 5.21. The number of aromatic nitrogens is 2. The Morgan fingerprint density at radius 3 is 2.83 bits per heavy atom. The molecule has 1 heterocycles. The number of anilines is 2. The van der Waals surface area contributed by atoms with Crippen molar-refractivity contribution in [3.05, 3.63) is 46.9 Å². The van der Waals surface area contributed by atoms with E-state index in [1.54, 1.807) is 6.07 Å². The smallest absolute Gasteiger partial charge is 0.224 e. The molecule has 1 fully saturated rings. The summed E-state index contributed by atoms with van der Waals surface area (Å²) in [5, 5.41) is 26.1. The van der Waals surface area contributed by atoms with E-state index in [0.29, 0.717) is 30.3 Å². The number of aliphatic hydroxyl groups excluding tert-OH is 1. The first-order valence-electron chi connectivity index (χ1n) is 9.99. The van der Waals surface area contributed by atoms with Crippen molar-refractivity contribution in [2.45, 2.75) is 58.6 Å². The zero-order valence-electron chi connectivity index (χ0n) is 17.2. The maximum absolute atomic E-state index is 13.2. The van der Waals surface area contributed by atoms with Crippen LogP contribution in [0.3, 0.4) is 0 Å². The number of nitrogens with zero attached hydrogens (tertiary/aromatic N) is 3. The van der Waals surface area contributed by atoms with Gasteiger partial charge in [0, 0.05) is 12.6 Å². The summed E-state index contributed by atoms with van der Waals surface area (Å²) in [7, 11) is 0. The van der Waals surface area contributed by atoms with Gasteiger partial charge >= 0.3 is 0 Å². The summed E-state index contributed by atoms with van der Waals surface area (Å²) in [6.45, 7) is 6.60. The molecule has 0 bridgehead atoms. The summed E-state index contributed by atoms with van der Waals surface area (Å²) in [6.07, 6.45) is 4.27. The van der Waals surface area contributed by atoms with Gasteiger partial charge in [-0.25, -0.2) is 9.37 Å². The van der Waals surface area contributed by atoms with Gasteiger partial charge in [0.15, 0.2) is 0 Å². The second kappa shape index (κ2) is 8.75. The van der Waals surface area contributed by atoms with Crippen LogP contribution in [0, 0.1) is 29.5 Å². The Bertz CT molecular complexity index is 909. The third-order valence-corrected chi connectivity index (χ3v) is 5.70. The largest absolute Gasteiger partial charge is 0.393 e. The molecule has 1 aliphatic rings. The van der Waals surface area contributed by atoms with Crippen molar-refractivity contribution in [3.8, 4) is 6.07 Å². The molecule has 154 valence electrons. The van der Waals surface area contributed by atoms with Gasteiger partial charge < -0.3 is 15.7 Å². The normalized spacial score (nSPS) is 20.7. The number of halogens is 1. The zero-order valence-corrected chi connectivity index (χ0v) is 17.2. The van der Waals surface area contributed by atoms with Gasteiger partial charge in [-0.15, -0.1) is 0 Å². The second-order valence-corrected chi connectivity index (χ2v) is 8.44. The molecule has 1 aliphatic carbocycles. The third-order valence-electron chi connectivity index (χ3n) is 5.70. The van der Waals surface area contributed by atoms with Crippen LogP contribution in [0.25, 0.3) is 0 Å². The molecule has 1 aromatic carbocycles. The average Bonchev–Trinajstić information content (AvgIpc) is 2.66. The molecule has 0 saturated heterocycles. The standard InChI is InChI=1S/C22H28FN5O/c1-14-10-17(23)5-4-15(14)8-9-25-21-26-13-16(12-24)20(28-21)27-18-6-7-19(29)22(2,3)11-18/h4-5,10,13,18-19,29H,6-9,11H2,1-3H3,(H2,25,26,27,28)/t18-,19+/m1/s1. The predicted octanol–water partition coefficient (Wildman–Crippen LogP) is 3.80. The van der Waals surface area contributed by atoms with Crippen LogP contribution in [-0.2, 0) is 6.42 Å². The van der Waals surface area contributed by atoms with Gasteiger partial charge in [-0.05, 0) is 61.3 Å². The Morgan fingerprint density at radius 2 is 2.14 bits per heavy atom. The summed E-state index contributed by atoms with van der Waals surface area (Å²) >= 11 is 0. The van der Waals surface area contributed by atoms with Crippen LogP contribution >= 0.6 is 0 Å². The molecule has 1 aromatic heterocycles. The lowest BCUT2D eigenvalue weighted by Crippen LogP contribution is -2.41. The highest BCUT2D eigenvalue weighted by molar-refractivity contribution is 5.54. The lowest BCUT2D eigenvalue weighted by molar-refractivity contribution is 0.00926. The number of hydrogen-bond donors (Lipinski definition) is 3. The molecule has 2 aromatic rings. The van der Waals surface area contributed by atoms with Crippen molar-refractivity contribution >= 4 is 11.8 Å². The van der Waals surface area contributed by atoms with Crippen LogP contribution in [0.15, 0.2) is 24.4 Å². The molecule has 1 saturated carbocycles. The molecule has 7 heteroatoms. The Labute approximate surface area is 171 Å². The Morgan fingerprint density at radius 1 is 1.34 bits per heavy atom. The first kappa shape index (κ1) is 21.0. The van der Waals surface area contributed by atoms with Gasteiger partial charge in [0.1, 0.15) is 23.3 Å². The first-order valence-corrected chi connectivity index (χ1v) is 9.99. The molecular formula is C22H28FN5O. The van der Waals surface area contributed by atoms with Crippen LogP contribution in [0.4, 0.5) is 16.2 Å². The molecule has 0 unspecified atom stereocenters. The average molecular weight is 397 g/mol. The number of hydrogen-bond acceptors (Lipinski definition) is 6. The van der Waals surface area contributed by atoms with Gasteiger partial charge in [0.05, 0.1) is 12.3 Å². The molecule has 0 amide bonds. The predicted molar refractivity (Wildman–Crippen MR) is 111 cm³/mol. The highest BCUT2D eigenvalue weighted by Gasteiger charge is 2.35. The fraction of sp³-hybridized carbons (Fsp3) is 0.500. The van der Waals surface area contributed by atoms with Gasteiger partial charge in [-0.3, -0.25) is 0 Å². The van der Waals surface area contributed by atoms with E-state index in [0.717, 1.165) is 30.4 Å². The number of nitrogens with one attached hydrogen (secondary N) is 2. The van der Waals surface area contributed by atoms with E-state index in [-0.39, 0.29) is 23.4 Å². The minimum absolute atomic E-state index is 0.144. The van der Waals surface area contributed by atoms with Gasteiger partial charge in [0.2, 0.25) is 5.95 Å². The molecule has 3 N–H and O–H groups in total. The highest BCUT2D eigenvalue weighted by Crippen LogP contribution is 2.36. The molecule has 29 heavy (non-hydrogen) atoms. The van der Waals surface area contributed by atoms with Gasteiger partial charge in [-0.2, -0.15) is 10.2 Å². The summed E-state index contributed by atoms with van der Waals surface area (Å²) < 4.78 is 13.2. The summed E-state index contributed by atoms with van der Waals surface area (Å²) in [4.78, 5) is 8.72. The number of nitriles is 1. The SMILES string of the molecule is Cc1cc(F)ccc1CCNc1ncc(C#N)c(N[C@@H]2CC[C@H](O)C(C)(C)C2)n1. The molecule has 3 rings (SSSR count). The zero-order chi connectivity index (χ0) is 21.0. The topological polar surface area (TPSA) is 93.9 Å². The minimum Gasteiger partial charge on any atom is -0.393 e. The number of aliphatic hydroxyl groups is 1. The van der Waals surface area contributed by atoms with E-state index < -0.39 is 0 Å². The lowest BCUT2D eigenvalue weighted by atomic mass is 9.73. The lowest BCUT2D eigenvalue weighted by Gasteiger charge is -2.40. The maximum Gasteiger partial charge on any atom is 0.224 e. The van der Waals surface area contributed by atoms with Crippen molar-refractivity contribution in [2.24, 2.45) is 5.41 Å². The Hall–Kier alpha value is -2.72. The van der Waals surface area contributed by atoms with Crippen molar-refractivity contribution in [2.75, 3.05) is 17.2 Å². The van der Waals surface area contributed by atoms with Crippen molar-refractivity contribution in [1.82, 2.24) is 9.97 Å². The van der Waals surface area contributed by atoms with Gasteiger partial charge in [0.25, 0.3) is 0 Å². The van der Waals surface area contributed by atoms with Crippen LogP contribution < -0.4 is 10.6 Å².